The summed E-state index contributed by atoms with van der Waals surface area (Å²) in [5, 5.41) is 3.10. The van der Waals surface area contributed by atoms with Gasteiger partial charge in [-0.15, -0.1) is 0 Å². The van der Waals surface area contributed by atoms with Crippen LogP contribution in [0.2, 0.25) is 5.02 Å². The molecule has 5 heteroatoms. The molecule has 0 saturated carbocycles. The molecule has 0 aliphatic carbocycles. The highest BCUT2D eigenvalue weighted by molar-refractivity contribution is 6.33. The molecule has 0 unspecified atom stereocenters. The Morgan fingerprint density at radius 2 is 2.12 bits per heavy atom. The lowest BCUT2D eigenvalue weighted by Gasteiger charge is -2.19. The van der Waals surface area contributed by atoms with Gasteiger partial charge in [-0.05, 0) is 32.4 Å². The monoisotopic (exact) mass is 256 g/mol. The minimum Gasteiger partial charge on any atom is -0.444 e. The number of anilines is 1. The predicted molar refractivity (Wildman–Crippen MR) is 68.9 cm³/mol. The summed E-state index contributed by atoms with van der Waals surface area (Å²) in [6.07, 6.45) is -0.475. The summed E-state index contributed by atoms with van der Waals surface area (Å²) in [4.78, 5) is 11.4. The summed E-state index contributed by atoms with van der Waals surface area (Å²) in [6, 6.07) is 5.29. The van der Waals surface area contributed by atoms with Crippen molar-refractivity contribution in [3.05, 3.63) is 28.8 Å². The van der Waals surface area contributed by atoms with Crippen LogP contribution in [0.25, 0.3) is 0 Å². The van der Waals surface area contributed by atoms with Gasteiger partial charge < -0.3 is 15.8 Å². The number of nitrogens with two attached hydrogens (primary N) is 1. The van der Waals surface area contributed by atoms with Gasteiger partial charge in [0.1, 0.15) is 5.60 Å². The molecule has 0 fully saturated rings. The average Bonchev–Trinajstić information content (AvgIpc) is 2.18. The maximum Gasteiger partial charge on any atom is 0.407 e. The number of halogens is 1. The number of hydrogen-bond donors (Lipinski definition) is 2. The molecule has 0 bridgehead atoms. The summed E-state index contributed by atoms with van der Waals surface area (Å²) < 4.78 is 5.11. The molecule has 0 aliphatic heterocycles. The molecule has 1 aromatic carbocycles. The molecule has 0 spiro atoms. The first-order chi connectivity index (χ1) is 7.79. The van der Waals surface area contributed by atoms with Gasteiger partial charge in [0.25, 0.3) is 0 Å². The standard InChI is InChI=1S/C12H17ClN2O2/c1-12(2,3)17-11(16)15-7-8-5-4-6-9(13)10(8)14/h4-6H,7,14H2,1-3H3,(H,15,16). The molecule has 17 heavy (non-hydrogen) atoms. The highest BCUT2D eigenvalue weighted by atomic mass is 35.5. The van der Waals surface area contributed by atoms with Gasteiger partial charge in [-0.1, -0.05) is 23.7 Å². The second kappa shape index (κ2) is 5.27. The number of carbonyl (C=O) groups excluding carboxylic acids is 1. The number of ether oxygens (including phenoxy) is 1. The summed E-state index contributed by atoms with van der Waals surface area (Å²) in [5.41, 5.74) is 6.51. The van der Waals surface area contributed by atoms with Crippen LogP contribution in [-0.4, -0.2) is 11.7 Å². The van der Waals surface area contributed by atoms with Crippen molar-refractivity contribution in [1.82, 2.24) is 5.32 Å². The normalized spacial score (nSPS) is 11.1. The van der Waals surface area contributed by atoms with Gasteiger partial charge in [0.15, 0.2) is 0 Å². The van der Waals surface area contributed by atoms with Crippen LogP contribution in [0.5, 0.6) is 0 Å². The number of para-hydroxylation sites is 1. The first-order valence-corrected chi connectivity index (χ1v) is 5.67. The van der Waals surface area contributed by atoms with E-state index in [0.29, 0.717) is 17.3 Å². The fourth-order valence-electron chi connectivity index (χ4n) is 1.22. The topological polar surface area (TPSA) is 64.3 Å². The molecule has 0 atom stereocenters. The lowest BCUT2D eigenvalue weighted by atomic mass is 10.2. The smallest absolute Gasteiger partial charge is 0.407 e. The third kappa shape index (κ3) is 4.53. The van der Waals surface area contributed by atoms with Gasteiger partial charge in [0, 0.05) is 6.54 Å². The zero-order valence-electron chi connectivity index (χ0n) is 10.2. The average molecular weight is 257 g/mol. The Kier molecular flexibility index (Phi) is 4.23. The van der Waals surface area contributed by atoms with Gasteiger partial charge in [-0.2, -0.15) is 0 Å². The molecule has 3 N–H and O–H groups in total. The zero-order chi connectivity index (χ0) is 13.1. The molecule has 1 rings (SSSR count). The number of amides is 1. The lowest BCUT2D eigenvalue weighted by molar-refractivity contribution is 0.0523. The van der Waals surface area contributed by atoms with Crippen LogP contribution in [0.1, 0.15) is 26.3 Å². The Morgan fingerprint density at radius 3 is 2.71 bits per heavy atom. The number of nitrogen functional groups attached to an aromatic ring is 1. The lowest BCUT2D eigenvalue weighted by Crippen LogP contribution is -2.32. The van der Waals surface area contributed by atoms with Crippen molar-refractivity contribution in [2.45, 2.75) is 32.9 Å². The van der Waals surface area contributed by atoms with E-state index in [0.717, 1.165) is 5.56 Å². The van der Waals surface area contributed by atoms with E-state index in [-0.39, 0.29) is 0 Å². The van der Waals surface area contributed by atoms with E-state index in [1.165, 1.54) is 0 Å². The molecular weight excluding hydrogens is 240 g/mol. The van der Waals surface area contributed by atoms with Crippen LogP contribution >= 0.6 is 11.6 Å². The molecule has 94 valence electrons. The van der Waals surface area contributed by atoms with E-state index in [1.54, 1.807) is 39.0 Å². The van der Waals surface area contributed by atoms with Crippen molar-refractivity contribution in [3.8, 4) is 0 Å². The van der Waals surface area contributed by atoms with Crippen molar-refractivity contribution in [2.75, 3.05) is 5.73 Å². The molecule has 0 aliphatic rings. The quantitative estimate of drug-likeness (QED) is 0.800. The second-order valence-electron chi connectivity index (χ2n) is 4.67. The van der Waals surface area contributed by atoms with Crippen molar-refractivity contribution in [2.24, 2.45) is 0 Å². The van der Waals surface area contributed by atoms with Crippen molar-refractivity contribution < 1.29 is 9.53 Å². The Morgan fingerprint density at radius 1 is 1.47 bits per heavy atom. The van der Waals surface area contributed by atoms with Crippen molar-refractivity contribution >= 4 is 23.4 Å². The van der Waals surface area contributed by atoms with E-state index >= 15 is 0 Å². The number of benzene rings is 1. The molecule has 0 saturated heterocycles. The van der Waals surface area contributed by atoms with Gasteiger partial charge in [0.05, 0.1) is 10.7 Å². The molecule has 1 amide bonds. The largest absolute Gasteiger partial charge is 0.444 e. The van der Waals surface area contributed by atoms with E-state index in [1.807, 2.05) is 0 Å². The molecule has 1 aromatic rings. The Labute approximate surface area is 106 Å². The number of alkyl carbamates (subject to hydrolysis) is 1. The van der Waals surface area contributed by atoms with Crippen molar-refractivity contribution in [1.29, 1.82) is 0 Å². The molecule has 0 radical (unpaired) electrons. The molecular formula is C12H17ClN2O2. The Balaban J connectivity index is 2.56. The summed E-state index contributed by atoms with van der Waals surface area (Å²) >= 11 is 5.87. The van der Waals surface area contributed by atoms with Crippen LogP contribution in [0.15, 0.2) is 18.2 Å². The maximum absolute atomic E-state index is 11.4. The van der Waals surface area contributed by atoms with E-state index in [9.17, 15) is 4.79 Å². The first kappa shape index (κ1) is 13.6. The number of nitrogens with one attached hydrogen (secondary N) is 1. The van der Waals surface area contributed by atoms with Gasteiger partial charge in [-0.3, -0.25) is 0 Å². The van der Waals surface area contributed by atoms with E-state index in [2.05, 4.69) is 5.32 Å². The molecule has 0 aromatic heterocycles. The van der Waals surface area contributed by atoms with E-state index < -0.39 is 11.7 Å². The minimum absolute atomic E-state index is 0.293. The zero-order valence-corrected chi connectivity index (χ0v) is 11.0. The van der Waals surface area contributed by atoms with Crippen LogP contribution in [0, 0.1) is 0 Å². The Bertz CT molecular complexity index is 413. The fourth-order valence-corrected chi connectivity index (χ4v) is 1.41. The Hall–Kier alpha value is -1.42. The second-order valence-corrected chi connectivity index (χ2v) is 5.08. The van der Waals surface area contributed by atoms with Crippen LogP contribution in [-0.2, 0) is 11.3 Å². The predicted octanol–water partition coefficient (Wildman–Crippen LogP) is 2.95. The SMILES string of the molecule is CC(C)(C)OC(=O)NCc1cccc(Cl)c1N. The van der Waals surface area contributed by atoms with Gasteiger partial charge >= 0.3 is 6.09 Å². The first-order valence-electron chi connectivity index (χ1n) is 5.29. The van der Waals surface area contributed by atoms with Crippen molar-refractivity contribution in [3.63, 3.8) is 0 Å². The third-order valence-corrected chi connectivity index (χ3v) is 2.29. The highest BCUT2D eigenvalue weighted by Gasteiger charge is 2.16. The third-order valence-electron chi connectivity index (χ3n) is 1.97. The van der Waals surface area contributed by atoms with Crippen LogP contribution < -0.4 is 11.1 Å². The summed E-state index contributed by atoms with van der Waals surface area (Å²) in [6.45, 7) is 5.71. The van der Waals surface area contributed by atoms with Gasteiger partial charge in [0.2, 0.25) is 0 Å². The molecule has 4 nitrogen and oxygen atoms in total. The van der Waals surface area contributed by atoms with E-state index in [4.69, 9.17) is 22.1 Å². The number of carbonyl (C=O) groups is 1. The maximum atomic E-state index is 11.4. The number of hydrogen-bond acceptors (Lipinski definition) is 3. The van der Waals surface area contributed by atoms with Crippen LogP contribution in [0.4, 0.5) is 10.5 Å². The minimum atomic E-state index is -0.510. The fraction of sp³-hybridized carbons (Fsp3) is 0.417. The molecule has 0 heterocycles. The highest BCUT2D eigenvalue weighted by Crippen LogP contribution is 2.22. The summed E-state index contributed by atoms with van der Waals surface area (Å²) in [5.74, 6) is 0. The number of rotatable bonds is 2. The summed E-state index contributed by atoms with van der Waals surface area (Å²) in [7, 11) is 0. The van der Waals surface area contributed by atoms with Crippen LogP contribution in [0.3, 0.4) is 0 Å². The van der Waals surface area contributed by atoms with Gasteiger partial charge in [-0.25, -0.2) is 4.79 Å².